The molecule has 2 fully saturated rings. The van der Waals surface area contributed by atoms with Gasteiger partial charge in [-0.25, -0.2) is 9.97 Å². The monoisotopic (exact) mass is 712 g/mol. The Balaban J connectivity index is 0.000000201. The molecule has 0 saturated heterocycles. The SMILES string of the molecule is Cc1cccc(Nc2nc(N[C@@H]3CCC[C@H](O)[C@@H]3N)ncc2C(N)=O)c1.Cc1cccc(Nc2nc(N[C@@H]3[C@H](O)CCC[C@@H]3N)ncc2C(N)=O)c1. The van der Waals surface area contributed by atoms with Gasteiger partial charge in [-0.15, -0.1) is 0 Å². The first-order chi connectivity index (χ1) is 24.9. The van der Waals surface area contributed by atoms with Crippen LogP contribution in [-0.2, 0) is 0 Å². The van der Waals surface area contributed by atoms with E-state index in [2.05, 4.69) is 41.2 Å². The van der Waals surface area contributed by atoms with Gasteiger partial charge in [0, 0.05) is 35.9 Å². The molecule has 0 unspecified atom stereocenters. The molecule has 2 heterocycles. The number of carbonyl (C=O) groups excluding carboxylic acids is 2. The number of nitrogens with two attached hydrogens (primary N) is 4. The Morgan fingerprint density at radius 3 is 1.71 bits per heavy atom. The van der Waals surface area contributed by atoms with Crippen LogP contribution in [-0.4, -0.2) is 78.3 Å². The maximum Gasteiger partial charge on any atom is 0.254 e. The molecule has 2 saturated carbocycles. The van der Waals surface area contributed by atoms with Crippen molar-refractivity contribution in [3.63, 3.8) is 0 Å². The molecule has 16 nitrogen and oxygen atoms in total. The van der Waals surface area contributed by atoms with Crippen LogP contribution in [0.3, 0.4) is 0 Å². The van der Waals surface area contributed by atoms with E-state index in [1.807, 2.05) is 62.4 Å². The molecule has 52 heavy (non-hydrogen) atoms. The number of anilines is 6. The molecule has 2 aliphatic carbocycles. The number of benzene rings is 2. The lowest BCUT2D eigenvalue weighted by Gasteiger charge is -2.33. The van der Waals surface area contributed by atoms with E-state index in [0.29, 0.717) is 30.4 Å². The zero-order valence-corrected chi connectivity index (χ0v) is 29.3. The average Bonchev–Trinajstić information content (AvgIpc) is 3.09. The first-order valence-corrected chi connectivity index (χ1v) is 17.3. The predicted molar refractivity (Wildman–Crippen MR) is 201 cm³/mol. The van der Waals surface area contributed by atoms with Crippen molar-refractivity contribution in [2.24, 2.45) is 22.9 Å². The van der Waals surface area contributed by atoms with Gasteiger partial charge >= 0.3 is 0 Å². The Kier molecular flexibility index (Phi) is 12.5. The van der Waals surface area contributed by atoms with Crippen LogP contribution in [0.5, 0.6) is 0 Å². The Bertz CT molecular complexity index is 1850. The van der Waals surface area contributed by atoms with Crippen LogP contribution in [0, 0.1) is 13.8 Å². The number of aromatic nitrogens is 4. The molecular weight excluding hydrogens is 664 g/mol. The zero-order valence-electron chi connectivity index (χ0n) is 29.3. The number of amides is 2. The van der Waals surface area contributed by atoms with Crippen molar-refractivity contribution in [1.29, 1.82) is 0 Å². The summed E-state index contributed by atoms with van der Waals surface area (Å²) in [6, 6.07) is 14.3. The first-order valence-electron chi connectivity index (χ1n) is 17.3. The van der Waals surface area contributed by atoms with E-state index in [-0.39, 0.29) is 35.2 Å². The van der Waals surface area contributed by atoms with E-state index in [4.69, 9.17) is 22.9 Å². The highest BCUT2D eigenvalue weighted by atomic mass is 16.3. The molecule has 0 bridgehead atoms. The summed E-state index contributed by atoms with van der Waals surface area (Å²) < 4.78 is 0. The molecule has 6 rings (SSSR count). The molecule has 276 valence electrons. The second kappa shape index (κ2) is 17.2. The van der Waals surface area contributed by atoms with Crippen molar-refractivity contribution in [3.8, 4) is 0 Å². The fourth-order valence-corrected chi connectivity index (χ4v) is 6.27. The topological polar surface area (TPSA) is 278 Å². The van der Waals surface area contributed by atoms with Crippen LogP contribution in [0.1, 0.15) is 70.4 Å². The lowest BCUT2D eigenvalue weighted by molar-refractivity contribution is 0.0991. The smallest absolute Gasteiger partial charge is 0.254 e. The number of nitrogens with one attached hydrogen (secondary N) is 4. The van der Waals surface area contributed by atoms with Crippen molar-refractivity contribution >= 4 is 46.7 Å². The summed E-state index contributed by atoms with van der Waals surface area (Å²) >= 11 is 0. The van der Waals surface area contributed by atoms with Gasteiger partial charge in [-0.3, -0.25) is 9.59 Å². The van der Waals surface area contributed by atoms with Gasteiger partial charge in [-0.2, -0.15) is 9.97 Å². The third-order valence-electron chi connectivity index (χ3n) is 9.12. The molecule has 4 aromatic rings. The van der Waals surface area contributed by atoms with Gasteiger partial charge in [-0.1, -0.05) is 24.3 Å². The van der Waals surface area contributed by atoms with Gasteiger partial charge in [0.2, 0.25) is 11.9 Å². The number of carbonyl (C=O) groups is 2. The van der Waals surface area contributed by atoms with Gasteiger partial charge in [0.05, 0.1) is 24.3 Å². The summed E-state index contributed by atoms with van der Waals surface area (Å²) in [5.74, 6) is 0.00820. The molecule has 0 aliphatic heterocycles. The van der Waals surface area contributed by atoms with Crippen molar-refractivity contribution in [2.45, 2.75) is 88.7 Å². The van der Waals surface area contributed by atoms with Gasteiger partial charge in [-0.05, 0) is 87.8 Å². The lowest BCUT2D eigenvalue weighted by Crippen LogP contribution is -2.51. The Labute approximate surface area is 302 Å². The quantitative estimate of drug-likeness (QED) is 0.113. The fourth-order valence-electron chi connectivity index (χ4n) is 6.27. The largest absolute Gasteiger partial charge is 0.391 e. The summed E-state index contributed by atoms with van der Waals surface area (Å²) in [5, 5.41) is 32.6. The minimum absolute atomic E-state index is 0.134. The van der Waals surface area contributed by atoms with Gasteiger partial charge in [0.25, 0.3) is 11.8 Å². The van der Waals surface area contributed by atoms with Crippen LogP contribution in [0.15, 0.2) is 60.9 Å². The molecule has 2 aromatic heterocycles. The molecule has 2 aliphatic rings. The first kappa shape index (κ1) is 37.8. The second-order valence-corrected chi connectivity index (χ2v) is 13.3. The van der Waals surface area contributed by atoms with Crippen LogP contribution in [0.25, 0.3) is 0 Å². The molecule has 16 heteroatoms. The number of aliphatic hydroxyl groups excluding tert-OH is 2. The highest BCUT2D eigenvalue weighted by Gasteiger charge is 2.31. The lowest BCUT2D eigenvalue weighted by atomic mass is 9.88. The summed E-state index contributed by atoms with van der Waals surface area (Å²) in [6.07, 6.45) is 6.43. The molecular formula is C36H48N12O4. The molecule has 6 atom stereocenters. The minimum Gasteiger partial charge on any atom is -0.391 e. The highest BCUT2D eigenvalue weighted by Crippen LogP contribution is 2.25. The molecule has 2 aromatic carbocycles. The zero-order chi connectivity index (χ0) is 37.4. The summed E-state index contributed by atoms with van der Waals surface area (Å²) in [4.78, 5) is 40.5. The number of nitrogens with zero attached hydrogens (tertiary/aromatic N) is 4. The number of aryl methyl sites for hydroxylation is 2. The average molecular weight is 713 g/mol. The third-order valence-corrected chi connectivity index (χ3v) is 9.12. The molecule has 0 radical (unpaired) electrons. The Morgan fingerprint density at radius 1 is 0.712 bits per heavy atom. The highest BCUT2D eigenvalue weighted by molar-refractivity contribution is 5.98. The van der Waals surface area contributed by atoms with E-state index in [9.17, 15) is 19.8 Å². The number of primary amides is 2. The van der Waals surface area contributed by atoms with Gasteiger partial charge in [0.15, 0.2) is 0 Å². The summed E-state index contributed by atoms with van der Waals surface area (Å²) in [6.45, 7) is 3.95. The standard InChI is InChI=1S/2C18H24N6O2/c1-10-4-2-5-11(8-10)22-17-12(16(20)26)9-21-18(24-17)23-13-6-3-7-14(25)15(13)19;1-10-4-2-5-11(8-10)22-17-12(16(20)26)9-21-18(24-17)23-15-13(19)6-3-7-14(15)25/h2*2,4-5,8-9,13-15,25H,3,6-7,19H2,1H3,(H2,20,26)(H2,21,22,23,24)/t2*13-,14+,15-/m10/s1. The van der Waals surface area contributed by atoms with E-state index in [0.717, 1.165) is 48.2 Å². The summed E-state index contributed by atoms with van der Waals surface area (Å²) in [7, 11) is 0. The van der Waals surface area contributed by atoms with Gasteiger partial charge < -0.3 is 54.4 Å². The molecule has 14 N–H and O–H groups in total. The normalized spacial score (nSPS) is 22.7. The van der Waals surface area contributed by atoms with E-state index in [1.54, 1.807) is 0 Å². The maximum absolute atomic E-state index is 11.7. The Morgan fingerprint density at radius 2 is 1.21 bits per heavy atom. The molecule has 2 amide bonds. The van der Waals surface area contributed by atoms with Crippen LogP contribution in [0.4, 0.5) is 34.9 Å². The minimum atomic E-state index is -0.624. The number of aliphatic hydroxyl groups is 2. The number of hydrogen-bond donors (Lipinski definition) is 10. The van der Waals surface area contributed by atoms with Crippen LogP contribution >= 0.6 is 0 Å². The fraction of sp³-hybridized carbons (Fsp3) is 0.389. The summed E-state index contributed by atoms with van der Waals surface area (Å²) in [5.41, 5.74) is 27.2. The van der Waals surface area contributed by atoms with Crippen molar-refractivity contribution in [3.05, 3.63) is 83.2 Å². The van der Waals surface area contributed by atoms with Crippen LogP contribution in [0.2, 0.25) is 0 Å². The van der Waals surface area contributed by atoms with E-state index >= 15 is 0 Å². The Hall–Kier alpha value is -5.42. The number of hydrogen-bond acceptors (Lipinski definition) is 14. The van der Waals surface area contributed by atoms with E-state index < -0.39 is 30.1 Å². The maximum atomic E-state index is 11.7. The van der Waals surface area contributed by atoms with Crippen molar-refractivity contribution < 1.29 is 19.8 Å². The van der Waals surface area contributed by atoms with E-state index in [1.165, 1.54) is 12.4 Å². The van der Waals surface area contributed by atoms with Gasteiger partial charge in [0.1, 0.15) is 22.8 Å². The second-order valence-electron chi connectivity index (χ2n) is 13.3. The van der Waals surface area contributed by atoms with Crippen LogP contribution < -0.4 is 44.2 Å². The number of rotatable bonds is 10. The van der Waals surface area contributed by atoms with Crippen molar-refractivity contribution in [1.82, 2.24) is 19.9 Å². The van der Waals surface area contributed by atoms with Crippen molar-refractivity contribution in [2.75, 3.05) is 21.3 Å². The molecule has 0 spiro atoms. The predicted octanol–water partition coefficient (Wildman–Crippen LogP) is 2.56. The third kappa shape index (κ3) is 9.88.